The molecule has 156 valence electrons. The van der Waals surface area contributed by atoms with E-state index in [0.29, 0.717) is 11.4 Å². The van der Waals surface area contributed by atoms with Crippen molar-refractivity contribution in [3.05, 3.63) is 120 Å². The van der Waals surface area contributed by atoms with Gasteiger partial charge < -0.3 is 5.11 Å². The number of nitrogens with zero attached hydrogens (tertiary/aromatic N) is 3. The minimum Gasteiger partial charge on any atom is -0.481 e. The van der Waals surface area contributed by atoms with E-state index in [1.54, 1.807) is 4.68 Å². The molecule has 0 aliphatic carbocycles. The summed E-state index contributed by atoms with van der Waals surface area (Å²) in [7, 11) is 0. The number of carboxylic acid groups (broad SMARTS) is 1. The maximum absolute atomic E-state index is 11.8. The second-order valence-electron chi connectivity index (χ2n) is 7.65. The maximum Gasteiger partial charge on any atom is 0.309 e. The minimum absolute atomic E-state index is 0.175. The summed E-state index contributed by atoms with van der Waals surface area (Å²) >= 11 is 0. The lowest BCUT2D eigenvalue weighted by atomic mass is 9.93. The molecule has 1 aromatic heterocycles. The average molecular weight is 419 g/mol. The topological polar surface area (TPSA) is 68.0 Å². The van der Waals surface area contributed by atoms with Crippen molar-refractivity contribution in [1.82, 2.24) is 15.0 Å². The van der Waals surface area contributed by atoms with Crippen LogP contribution >= 0.6 is 0 Å². The van der Waals surface area contributed by atoms with Gasteiger partial charge in [-0.25, -0.2) is 4.68 Å². The Morgan fingerprint density at radius 2 is 1.47 bits per heavy atom. The summed E-state index contributed by atoms with van der Waals surface area (Å²) in [6.45, 7) is 0. The molecular weight excluding hydrogens is 398 g/mol. The van der Waals surface area contributed by atoms with Crippen LogP contribution in [0.15, 0.2) is 103 Å². The molecule has 0 saturated carbocycles. The fraction of sp³-hybridized carbons (Fsp3) is 0.0741. The molecule has 5 rings (SSSR count). The number of fused-ring (bicyclic) bond motifs is 1. The molecule has 1 N–H and O–H groups in total. The van der Waals surface area contributed by atoms with Gasteiger partial charge >= 0.3 is 5.97 Å². The molecule has 5 nitrogen and oxygen atoms in total. The Hall–Kier alpha value is -4.25. The smallest absolute Gasteiger partial charge is 0.309 e. The Labute approximate surface area is 185 Å². The highest BCUT2D eigenvalue weighted by atomic mass is 16.4. The molecule has 0 fully saturated rings. The van der Waals surface area contributed by atoms with Crippen molar-refractivity contribution in [2.24, 2.45) is 0 Å². The number of aliphatic carboxylic acids is 1. The molecule has 0 radical (unpaired) electrons. The van der Waals surface area contributed by atoms with Crippen molar-refractivity contribution in [2.75, 3.05) is 0 Å². The summed E-state index contributed by atoms with van der Waals surface area (Å²) < 4.78 is 1.77. The Morgan fingerprint density at radius 1 is 0.812 bits per heavy atom. The van der Waals surface area contributed by atoms with E-state index in [1.165, 1.54) is 0 Å². The summed E-state index contributed by atoms with van der Waals surface area (Å²) in [5.41, 5.74) is 4.07. The van der Waals surface area contributed by atoms with Crippen molar-refractivity contribution in [3.8, 4) is 11.3 Å². The molecule has 0 aliphatic heterocycles. The Bertz CT molecular complexity index is 1370. The van der Waals surface area contributed by atoms with Crippen LogP contribution in [0.2, 0.25) is 0 Å². The van der Waals surface area contributed by atoms with Crippen LogP contribution in [0.3, 0.4) is 0 Å². The van der Waals surface area contributed by atoms with Gasteiger partial charge in [0, 0.05) is 5.56 Å². The van der Waals surface area contributed by atoms with Crippen LogP contribution in [0.5, 0.6) is 0 Å². The molecule has 0 saturated heterocycles. The van der Waals surface area contributed by atoms with E-state index in [9.17, 15) is 9.90 Å². The molecule has 0 spiro atoms. The highest BCUT2D eigenvalue weighted by Gasteiger charge is 2.26. The quantitative estimate of drug-likeness (QED) is 0.402. The average Bonchev–Trinajstić information content (AvgIpc) is 3.23. The van der Waals surface area contributed by atoms with E-state index in [4.69, 9.17) is 0 Å². The predicted octanol–water partition coefficient (Wildman–Crippen LogP) is 5.36. The van der Waals surface area contributed by atoms with Crippen LogP contribution in [0.1, 0.15) is 22.9 Å². The zero-order chi connectivity index (χ0) is 21.9. The second kappa shape index (κ2) is 8.47. The van der Waals surface area contributed by atoms with Gasteiger partial charge in [-0.15, -0.1) is 5.10 Å². The lowest BCUT2D eigenvalue weighted by Gasteiger charge is -2.22. The van der Waals surface area contributed by atoms with E-state index in [1.807, 2.05) is 78.9 Å². The molecule has 0 amide bonds. The molecule has 4 aromatic carbocycles. The lowest BCUT2D eigenvalue weighted by Crippen LogP contribution is -2.19. The number of carboxylic acids is 1. The maximum atomic E-state index is 11.8. The van der Waals surface area contributed by atoms with Crippen molar-refractivity contribution in [1.29, 1.82) is 0 Å². The molecule has 0 aliphatic rings. The van der Waals surface area contributed by atoms with Gasteiger partial charge in [-0.05, 0) is 21.9 Å². The van der Waals surface area contributed by atoms with E-state index in [-0.39, 0.29) is 12.5 Å². The van der Waals surface area contributed by atoms with Gasteiger partial charge in [-0.3, -0.25) is 4.79 Å². The molecule has 32 heavy (non-hydrogen) atoms. The van der Waals surface area contributed by atoms with Crippen LogP contribution in [0.4, 0.5) is 0 Å². The number of hydrogen-bond donors (Lipinski definition) is 1. The first-order valence-corrected chi connectivity index (χ1v) is 10.5. The highest BCUT2D eigenvalue weighted by molar-refractivity contribution is 5.86. The van der Waals surface area contributed by atoms with E-state index < -0.39 is 5.97 Å². The Kier molecular flexibility index (Phi) is 5.22. The van der Waals surface area contributed by atoms with Crippen LogP contribution in [-0.2, 0) is 11.2 Å². The highest BCUT2D eigenvalue weighted by Crippen LogP contribution is 2.34. The summed E-state index contributed by atoms with van der Waals surface area (Å²) in [5, 5.41) is 20.9. The van der Waals surface area contributed by atoms with Gasteiger partial charge in [0.2, 0.25) is 0 Å². The van der Waals surface area contributed by atoms with E-state index in [2.05, 4.69) is 34.6 Å². The van der Waals surface area contributed by atoms with Gasteiger partial charge in [0.15, 0.2) is 0 Å². The molecule has 1 atom stereocenters. The first-order valence-electron chi connectivity index (χ1n) is 10.5. The zero-order valence-corrected chi connectivity index (χ0v) is 17.3. The zero-order valence-electron chi connectivity index (χ0n) is 17.3. The first kappa shape index (κ1) is 19.7. The van der Waals surface area contributed by atoms with Gasteiger partial charge in [0.1, 0.15) is 11.7 Å². The van der Waals surface area contributed by atoms with Crippen LogP contribution in [0, 0.1) is 0 Å². The van der Waals surface area contributed by atoms with E-state index >= 15 is 0 Å². The second-order valence-corrected chi connectivity index (χ2v) is 7.65. The standard InChI is InChI=1S/C27H21N3O2/c31-25(32)18-24-26(20-11-3-1-4-12-20)28-29-30(24)27(21-13-5-2-6-14-21)23-17-9-15-19-10-7-8-16-22(19)23/h1-17,27H,18H2,(H,31,32). The summed E-state index contributed by atoms with van der Waals surface area (Å²) in [6, 6.07) is 33.7. The third kappa shape index (κ3) is 3.65. The number of carbonyl (C=O) groups is 1. The normalized spacial score (nSPS) is 12.0. The van der Waals surface area contributed by atoms with Crippen molar-refractivity contribution in [3.63, 3.8) is 0 Å². The van der Waals surface area contributed by atoms with Crippen LogP contribution in [0.25, 0.3) is 22.0 Å². The molecule has 0 bridgehead atoms. The number of benzene rings is 4. The van der Waals surface area contributed by atoms with Crippen molar-refractivity contribution < 1.29 is 9.90 Å². The van der Waals surface area contributed by atoms with Gasteiger partial charge in [-0.1, -0.05) is 108 Å². The molecular formula is C27H21N3O2. The molecule has 1 unspecified atom stereocenters. The largest absolute Gasteiger partial charge is 0.481 e. The van der Waals surface area contributed by atoms with Gasteiger partial charge in [0.25, 0.3) is 0 Å². The minimum atomic E-state index is -0.921. The van der Waals surface area contributed by atoms with Gasteiger partial charge in [0.05, 0.1) is 12.1 Å². The lowest BCUT2D eigenvalue weighted by molar-refractivity contribution is -0.136. The third-order valence-electron chi connectivity index (χ3n) is 5.63. The third-order valence-corrected chi connectivity index (χ3v) is 5.63. The fourth-order valence-electron chi connectivity index (χ4n) is 4.23. The molecule has 1 heterocycles. The Morgan fingerprint density at radius 3 is 2.22 bits per heavy atom. The van der Waals surface area contributed by atoms with Crippen molar-refractivity contribution in [2.45, 2.75) is 12.5 Å². The van der Waals surface area contributed by atoms with E-state index in [0.717, 1.165) is 27.5 Å². The number of hydrogen-bond acceptors (Lipinski definition) is 3. The predicted molar refractivity (Wildman–Crippen MR) is 124 cm³/mol. The molecule has 5 aromatic rings. The number of rotatable bonds is 6. The summed E-state index contributed by atoms with van der Waals surface area (Å²) in [5.74, 6) is -0.921. The van der Waals surface area contributed by atoms with Crippen LogP contribution in [-0.4, -0.2) is 26.1 Å². The number of aromatic nitrogens is 3. The fourth-order valence-corrected chi connectivity index (χ4v) is 4.23. The van der Waals surface area contributed by atoms with Crippen LogP contribution < -0.4 is 0 Å². The SMILES string of the molecule is O=C(O)Cc1c(-c2ccccc2)nnn1C(c1ccccc1)c1cccc2ccccc12. The summed E-state index contributed by atoms with van der Waals surface area (Å²) in [4.78, 5) is 11.8. The Balaban J connectivity index is 1.78. The molecule has 5 heteroatoms. The summed E-state index contributed by atoms with van der Waals surface area (Å²) in [6.07, 6.45) is -0.175. The first-order chi connectivity index (χ1) is 15.7. The van der Waals surface area contributed by atoms with Crippen molar-refractivity contribution >= 4 is 16.7 Å². The van der Waals surface area contributed by atoms with Gasteiger partial charge in [-0.2, -0.15) is 0 Å². The monoisotopic (exact) mass is 419 g/mol.